The minimum absolute atomic E-state index is 0.126. The molecule has 0 atom stereocenters. The molecule has 0 saturated heterocycles. The summed E-state index contributed by atoms with van der Waals surface area (Å²) < 4.78 is 5.09. The highest BCUT2D eigenvalue weighted by molar-refractivity contribution is 6.20. The number of aromatic hydroxyl groups is 1. The molecule has 1 N–H and O–H groups in total. The zero-order valence-corrected chi connectivity index (χ0v) is 11.5. The molecular weight excluding hydrogens is 268 g/mol. The molecule has 0 unspecified atom stereocenters. The number of phenols is 1. The van der Waals surface area contributed by atoms with Crippen LogP contribution in [0.15, 0.2) is 53.6 Å². The Balaban J connectivity index is 1.93. The molecule has 5 heteroatoms. The zero-order valence-electron chi connectivity index (χ0n) is 11.5. The number of rotatable bonds is 3. The van der Waals surface area contributed by atoms with Gasteiger partial charge in [0, 0.05) is 5.56 Å². The second-order valence-electron chi connectivity index (χ2n) is 4.64. The van der Waals surface area contributed by atoms with Crippen molar-refractivity contribution in [1.29, 1.82) is 0 Å². The van der Waals surface area contributed by atoms with Crippen LogP contribution in [0.5, 0.6) is 11.5 Å². The van der Waals surface area contributed by atoms with Gasteiger partial charge in [-0.15, -0.1) is 0 Å². The Kier molecular flexibility index (Phi) is 3.31. The molecule has 3 rings (SSSR count). The summed E-state index contributed by atoms with van der Waals surface area (Å²) >= 11 is 0. The Hall–Kier alpha value is -2.82. The minimum atomic E-state index is -0.126. The lowest BCUT2D eigenvalue weighted by atomic mass is 10.1. The highest BCUT2D eigenvalue weighted by Gasteiger charge is 2.27. The molecular formula is C16H14N2O3. The summed E-state index contributed by atoms with van der Waals surface area (Å²) in [5.74, 6) is 0.717. The van der Waals surface area contributed by atoms with Gasteiger partial charge < -0.3 is 9.84 Å². The highest BCUT2D eigenvalue weighted by atomic mass is 16.5. The van der Waals surface area contributed by atoms with Gasteiger partial charge in [-0.1, -0.05) is 12.1 Å². The maximum atomic E-state index is 12.1. The molecule has 1 aliphatic rings. The number of carbonyl (C=O) groups is 1. The summed E-state index contributed by atoms with van der Waals surface area (Å²) in [6, 6.07) is 14.0. The number of amides is 1. The van der Waals surface area contributed by atoms with E-state index in [-0.39, 0.29) is 18.1 Å². The maximum absolute atomic E-state index is 12.1. The minimum Gasteiger partial charge on any atom is -0.507 e. The van der Waals surface area contributed by atoms with Gasteiger partial charge in [-0.05, 0) is 36.4 Å². The van der Waals surface area contributed by atoms with Gasteiger partial charge in [-0.2, -0.15) is 5.10 Å². The Labute approximate surface area is 122 Å². The highest BCUT2D eigenvalue weighted by Crippen LogP contribution is 2.27. The van der Waals surface area contributed by atoms with Crippen LogP contribution in [0.25, 0.3) is 0 Å². The first-order valence-corrected chi connectivity index (χ1v) is 6.52. The molecule has 0 aromatic heterocycles. The summed E-state index contributed by atoms with van der Waals surface area (Å²) in [5.41, 5.74) is 1.82. The normalized spacial score (nSPS) is 14.2. The quantitative estimate of drug-likeness (QED) is 0.941. The Morgan fingerprint density at radius 1 is 1.14 bits per heavy atom. The van der Waals surface area contributed by atoms with Crippen molar-refractivity contribution in [1.82, 2.24) is 0 Å². The van der Waals surface area contributed by atoms with Gasteiger partial charge in [-0.3, -0.25) is 4.79 Å². The monoisotopic (exact) mass is 282 g/mol. The van der Waals surface area contributed by atoms with Gasteiger partial charge in [0.1, 0.15) is 11.5 Å². The molecule has 1 heterocycles. The van der Waals surface area contributed by atoms with Crippen molar-refractivity contribution in [2.75, 3.05) is 12.1 Å². The molecule has 0 spiro atoms. The van der Waals surface area contributed by atoms with Gasteiger partial charge in [-0.25, -0.2) is 5.01 Å². The van der Waals surface area contributed by atoms with Crippen molar-refractivity contribution < 1.29 is 14.6 Å². The molecule has 0 bridgehead atoms. The molecule has 106 valence electrons. The predicted octanol–water partition coefficient (Wildman–Crippen LogP) is 2.54. The molecule has 2 aromatic carbocycles. The molecule has 5 nitrogen and oxygen atoms in total. The fourth-order valence-corrected chi connectivity index (χ4v) is 2.22. The zero-order chi connectivity index (χ0) is 14.8. The van der Waals surface area contributed by atoms with Gasteiger partial charge in [0.15, 0.2) is 0 Å². The van der Waals surface area contributed by atoms with Crippen LogP contribution in [0.2, 0.25) is 0 Å². The third-order valence-electron chi connectivity index (χ3n) is 3.31. The Morgan fingerprint density at radius 2 is 1.86 bits per heavy atom. The van der Waals surface area contributed by atoms with Crippen molar-refractivity contribution in [3.63, 3.8) is 0 Å². The van der Waals surface area contributed by atoms with E-state index in [1.807, 2.05) is 0 Å². The van der Waals surface area contributed by atoms with E-state index in [9.17, 15) is 9.90 Å². The number of hydrazone groups is 1. The second-order valence-corrected chi connectivity index (χ2v) is 4.64. The van der Waals surface area contributed by atoms with E-state index < -0.39 is 0 Å². The van der Waals surface area contributed by atoms with Crippen molar-refractivity contribution >= 4 is 17.3 Å². The van der Waals surface area contributed by atoms with Gasteiger partial charge in [0.2, 0.25) is 0 Å². The van der Waals surface area contributed by atoms with E-state index in [1.54, 1.807) is 55.6 Å². The number of benzene rings is 2. The number of anilines is 1. The first-order valence-electron chi connectivity index (χ1n) is 6.52. The summed E-state index contributed by atoms with van der Waals surface area (Å²) in [6.45, 7) is 0. The molecule has 1 aliphatic heterocycles. The van der Waals surface area contributed by atoms with Crippen molar-refractivity contribution in [2.24, 2.45) is 5.10 Å². The predicted molar refractivity (Wildman–Crippen MR) is 79.7 cm³/mol. The number of carbonyl (C=O) groups excluding carboxylic acids is 1. The Bertz CT molecular complexity index is 708. The first-order chi connectivity index (χ1) is 10.2. The number of ether oxygens (including phenoxy) is 1. The topological polar surface area (TPSA) is 62.1 Å². The summed E-state index contributed by atoms with van der Waals surface area (Å²) in [6.07, 6.45) is 0.170. The fraction of sp³-hybridized carbons (Fsp3) is 0.125. The molecule has 1 amide bonds. The van der Waals surface area contributed by atoms with Gasteiger partial charge >= 0.3 is 0 Å². The summed E-state index contributed by atoms with van der Waals surface area (Å²) in [4.78, 5) is 12.1. The van der Waals surface area contributed by atoms with Crippen molar-refractivity contribution in [3.8, 4) is 11.5 Å². The average Bonchev–Trinajstić information content (AvgIpc) is 2.89. The summed E-state index contributed by atoms with van der Waals surface area (Å²) in [7, 11) is 1.59. The SMILES string of the molecule is COc1ccc(N2N=C(c3ccccc3O)CC2=O)cc1. The summed E-state index contributed by atoms with van der Waals surface area (Å²) in [5, 5.41) is 15.5. The van der Waals surface area contributed by atoms with Crippen LogP contribution in [0.4, 0.5) is 5.69 Å². The first kappa shape index (κ1) is 13.2. The lowest BCUT2D eigenvalue weighted by Crippen LogP contribution is -2.19. The Morgan fingerprint density at radius 3 is 2.52 bits per heavy atom. The molecule has 21 heavy (non-hydrogen) atoms. The lowest BCUT2D eigenvalue weighted by Gasteiger charge is -2.11. The van der Waals surface area contributed by atoms with Crippen LogP contribution in [0, 0.1) is 0 Å². The average molecular weight is 282 g/mol. The van der Waals surface area contributed by atoms with E-state index in [2.05, 4.69) is 5.10 Å². The fourth-order valence-electron chi connectivity index (χ4n) is 2.22. The largest absolute Gasteiger partial charge is 0.507 e. The molecule has 0 aliphatic carbocycles. The number of nitrogens with zero attached hydrogens (tertiary/aromatic N) is 2. The molecule has 0 saturated carbocycles. The number of phenolic OH excluding ortho intramolecular Hbond substituents is 1. The molecule has 0 radical (unpaired) electrons. The maximum Gasteiger partial charge on any atom is 0.253 e. The smallest absolute Gasteiger partial charge is 0.253 e. The van der Waals surface area contributed by atoms with Crippen LogP contribution >= 0.6 is 0 Å². The van der Waals surface area contributed by atoms with Crippen LogP contribution < -0.4 is 9.75 Å². The third-order valence-corrected chi connectivity index (χ3v) is 3.31. The van der Waals surface area contributed by atoms with Crippen LogP contribution in [0.1, 0.15) is 12.0 Å². The standard InChI is InChI=1S/C16H14N2O3/c1-21-12-8-6-11(7-9-12)18-16(20)10-14(17-18)13-4-2-3-5-15(13)19/h2-9,19H,10H2,1H3. The third kappa shape index (κ3) is 2.45. The van der Waals surface area contributed by atoms with Crippen LogP contribution in [0.3, 0.4) is 0 Å². The van der Waals surface area contributed by atoms with Crippen LogP contribution in [-0.4, -0.2) is 23.8 Å². The number of methoxy groups -OCH3 is 1. The second kappa shape index (κ2) is 5.28. The van der Waals surface area contributed by atoms with Crippen molar-refractivity contribution in [3.05, 3.63) is 54.1 Å². The van der Waals surface area contributed by atoms with Crippen LogP contribution in [-0.2, 0) is 4.79 Å². The number of hydrogen-bond donors (Lipinski definition) is 1. The van der Waals surface area contributed by atoms with E-state index >= 15 is 0 Å². The van der Waals surface area contributed by atoms with E-state index in [1.165, 1.54) is 5.01 Å². The number of hydrogen-bond acceptors (Lipinski definition) is 4. The lowest BCUT2D eigenvalue weighted by molar-refractivity contribution is -0.116. The van der Waals surface area contributed by atoms with Crippen molar-refractivity contribution in [2.45, 2.75) is 6.42 Å². The van der Waals surface area contributed by atoms with E-state index in [4.69, 9.17) is 4.74 Å². The van der Waals surface area contributed by atoms with Gasteiger partial charge in [0.25, 0.3) is 5.91 Å². The molecule has 2 aromatic rings. The number of para-hydroxylation sites is 1. The molecule has 0 fully saturated rings. The van der Waals surface area contributed by atoms with Gasteiger partial charge in [0.05, 0.1) is 24.9 Å². The van der Waals surface area contributed by atoms with E-state index in [0.717, 1.165) is 5.75 Å². The van der Waals surface area contributed by atoms with E-state index in [0.29, 0.717) is 17.0 Å².